The fraction of sp³-hybridized carbons (Fsp3) is 0.714. The number of anilines is 2. The van der Waals surface area contributed by atoms with Crippen LogP contribution in [0.2, 0.25) is 0 Å². The third-order valence-corrected chi connectivity index (χ3v) is 3.68. The van der Waals surface area contributed by atoms with Crippen LogP contribution in [-0.2, 0) is 11.2 Å². The van der Waals surface area contributed by atoms with Crippen molar-refractivity contribution in [3.63, 3.8) is 0 Å². The lowest BCUT2D eigenvalue weighted by atomic mass is 9.94. The summed E-state index contributed by atoms with van der Waals surface area (Å²) in [6.07, 6.45) is 2.12. The third kappa shape index (κ3) is 3.58. The number of nitrogens with one attached hydrogen (secondary N) is 1. The van der Waals surface area contributed by atoms with Crippen molar-refractivity contribution < 1.29 is 9.84 Å². The molecule has 2 rings (SSSR count). The molecule has 0 bridgehead atoms. The summed E-state index contributed by atoms with van der Waals surface area (Å²) < 4.78 is 5.31. The molecule has 0 radical (unpaired) electrons. The highest BCUT2D eigenvalue weighted by Gasteiger charge is 2.31. The van der Waals surface area contributed by atoms with Crippen LogP contribution in [-0.4, -0.2) is 54.5 Å². The van der Waals surface area contributed by atoms with Crippen LogP contribution in [0.15, 0.2) is 6.07 Å². The lowest BCUT2D eigenvalue weighted by Gasteiger charge is -2.35. The smallest absolute Gasteiger partial charge is 0.134 e. The first-order valence-electron chi connectivity index (χ1n) is 7.13. The summed E-state index contributed by atoms with van der Waals surface area (Å²) >= 11 is 0. The number of aliphatic hydroxyl groups is 1. The number of nitrogens with zero attached hydrogens (tertiary/aromatic N) is 3. The average Bonchev–Trinajstić information content (AvgIpc) is 2.46. The highest BCUT2D eigenvalue weighted by atomic mass is 16.5. The lowest BCUT2D eigenvalue weighted by Crippen LogP contribution is -2.46. The summed E-state index contributed by atoms with van der Waals surface area (Å²) in [5.41, 5.74) is -0.690. The van der Waals surface area contributed by atoms with Crippen LogP contribution < -0.4 is 10.2 Å². The topological polar surface area (TPSA) is 70.5 Å². The van der Waals surface area contributed by atoms with E-state index in [1.54, 1.807) is 0 Å². The number of ether oxygens (including phenoxy) is 1. The van der Waals surface area contributed by atoms with Crippen molar-refractivity contribution in [2.24, 2.45) is 0 Å². The number of aryl methyl sites for hydroxylation is 1. The van der Waals surface area contributed by atoms with Crippen LogP contribution in [0, 0.1) is 0 Å². The summed E-state index contributed by atoms with van der Waals surface area (Å²) in [5.74, 6) is 2.44. The second kappa shape index (κ2) is 6.37. The zero-order valence-corrected chi connectivity index (χ0v) is 12.5. The molecule has 6 nitrogen and oxygen atoms in total. The van der Waals surface area contributed by atoms with Crippen molar-refractivity contribution in [2.45, 2.75) is 31.8 Å². The molecule has 0 unspecified atom stereocenters. The van der Waals surface area contributed by atoms with Crippen molar-refractivity contribution in [3.8, 4) is 0 Å². The van der Waals surface area contributed by atoms with Gasteiger partial charge in [-0.2, -0.15) is 0 Å². The molecule has 6 heteroatoms. The molecule has 112 valence electrons. The molecule has 0 amide bonds. The molecule has 1 aliphatic heterocycles. The monoisotopic (exact) mass is 280 g/mol. The van der Waals surface area contributed by atoms with Gasteiger partial charge in [0.25, 0.3) is 0 Å². The Kier molecular flexibility index (Phi) is 4.77. The molecule has 20 heavy (non-hydrogen) atoms. The van der Waals surface area contributed by atoms with E-state index in [1.165, 1.54) is 0 Å². The molecule has 2 heterocycles. The third-order valence-electron chi connectivity index (χ3n) is 3.68. The highest BCUT2D eigenvalue weighted by Crippen LogP contribution is 2.24. The van der Waals surface area contributed by atoms with Crippen LogP contribution in [0.5, 0.6) is 0 Å². The van der Waals surface area contributed by atoms with Gasteiger partial charge in [0.05, 0.1) is 5.60 Å². The summed E-state index contributed by atoms with van der Waals surface area (Å²) in [5, 5.41) is 13.6. The van der Waals surface area contributed by atoms with E-state index < -0.39 is 5.60 Å². The maximum atomic E-state index is 10.6. The molecule has 1 fully saturated rings. The first-order chi connectivity index (χ1) is 9.56. The van der Waals surface area contributed by atoms with E-state index >= 15 is 0 Å². The van der Waals surface area contributed by atoms with Gasteiger partial charge in [-0.15, -0.1) is 0 Å². The van der Waals surface area contributed by atoms with Gasteiger partial charge in [-0.25, -0.2) is 9.97 Å². The zero-order chi connectivity index (χ0) is 14.6. The normalized spacial score (nSPS) is 17.8. The molecule has 0 aromatic carbocycles. The number of hydrogen-bond acceptors (Lipinski definition) is 6. The van der Waals surface area contributed by atoms with Crippen molar-refractivity contribution in [2.75, 3.05) is 44.1 Å². The quantitative estimate of drug-likeness (QED) is 0.840. The summed E-state index contributed by atoms with van der Waals surface area (Å²) in [6.45, 7) is 3.83. The molecular formula is C14H24N4O2. The second-order valence-corrected chi connectivity index (χ2v) is 5.32. The van der Waals surface area contributed by atoms with Gasteiger partial charge in [-0.1, -0.05) is 6.92 Å². The van der Waals surface area contributed by atoms with Crippen molar-refractivity contribution in [1.29, 1.82) is 0 Å². The number of hydrogen-bond donors (Lipinski definition) is 2. The van der Waals surface area contributed by atoms with E-state index in [2.05, 4.69) is 15.3 Å². The Morgan fingerprint density at radius 2 is 2.10 bits per heavy atom. The van der Waals surface area contributed by atoms with Gasteiger partial charge < -0.3 is 20.1 Å². The maximum absolute atomic E-state index is 10.6. The van der Waals surface area contributed by atoms with Crippen LogP contribution in [0.3, 0.4) is 0 Å². The molecule has 0 saturated carbocycles. The van der Waals surface area contributed by atoms with Crippen LogP contribution >= 0.6 is 0 Å². The second-order valence-electron chi connectivity index (χ2n) is 5.32. The molecule has 0 spiro atoms. The Hall–Kier alpha value is -1.40. The van der Waals surface area contributed by atoms with Gasteiger partial charge in [-0.05, 0) is 0 Å². The predicted octanol–water partition coefficient (Wildman–Crippen LogP) is 1.06. The van der Waals surface area contributed by atoms with Crippen molar-refractivity contribution in [3.05, 3.63) is 11.9 Å². The molecular weight excluding hydrogens is 256 g/mol. The van der Waals surface area contributed by atoms with Gasteiger partial charge in [-0.3, -0.25) is 0 Å². The molecule has 2 N–H and O–H groups in total. The molecule has 0 aliphatic carbocycles. The van der Waals surface area contributed by atoms with Gasteiger partial charge in [0.1, 0.15) is 17.5 Å². The Labute approximate surface area is 120 Å². The Morgan fingerprint density at radius 1 is 1.40 bits per heavy atom. The van der Waals surface area contributed by atoms with Crippen molar-refractivity contribution >= 4 is 11.6 Å². The van der Waals surface area contributed by atoms with E-state index in [4.69, 9.17) is 4.74 Å². The molecule has 1 aliphatic rings. The van der Waals surface area contributed by atoms with Crippen molar-refractivity contribution in [1.82, 2.24) is 9.97 Å². The minimum Gasteiger partial charge on any atom is -0.388 e. The number of rotatable bonds is 5. The van der Waals surface area contributed by atoms with E-state index in [9.17, 15) is 5.11 Å². The Balaban J connectivity index is 2.13. The lowest BCUT2D eigenvalue weighted by molar-refractivity contribution is -0.0573. The first kappa shape index (κ1) is 15.0. The highest BCUT2D eigenvalue weighted by molar-refractivity contribution is 5.49. The maximum Gasteiger partial charge on any atom is 0.134 e. The Morgan fingerprint density at radius 3 is 2.70 bits per heavy atom. The Bertz CT molecular complexity index is 425. The molecule has 0 atom stereocenters. The fourth-order valence-electron chi connectivity index (χ4n) is 2.40. The SMILES string of the molecule is CCc1nc(NC)cc(N(C)CC2(O)CCOCC2)n1. The summed E-state index contributed by atoms with van der Waals surface area (Å²) in [6, 6.07) is 1.90. The molecule has 1 saturated heterocycles. The molecule has 1 aromatic rings. The first-order valence-corrected chi connectivity index (χ1v) is 7.13. The average molecular weight is 280 g/mol. The number of likely N-dealkylation sites (N-methyl/N-ethyl adjacent to an activating group) is 1. The van der Waals surface area contributed by atoms with E-state index in [-0.39, 0.29) is 0 Å². The van der Waals surface area contributed by atoms with E-state index in [1.807, 2.05) is 32.0 Å². The zero-order valence-electron chi connectivity index (χ0n) is 12.5. The van der Waals surface area contributed by atoms with E-state index in [0.29, 0.717) is 32.6 Å². The predicted molar refractivity (Wildman–Crippen MR) is 79.2 cm³/mol. The standard InChI is InChI=1S/C14H24N4O2/c1-4-11-16-12(15-2)9-13(17-11)18(3)10-14(19)5-7-20-8-6-14/h9,19H,4-8,10H2,1-3H3,(H,15,16,17). The van der Waals surface area contributed by atoms with Gasteiger partial charge in [0.2, 0.25) is 0 Å². The number of aromatic nitrogens is 2. The fourth-order valence-corrected chi connectivity index (χ4v) is 2.40. The molecule has 1 aromatic heterocycles. The minimum absolute atomic E-state index is 0.555. The van der Waals surface area contributed by atoms with Gasteiger partial charge in [0.15, 0.2) is 0 Å². The van der Waals surface area contributed by atoms with Crippen LogP contribution in [0.25, 0.3) is 0 Å². The van der Waals surface area contributed by atoms with E-state index in [0.717, 1.165) is 23.9 Å². The van der Waals surface area contributed by atoms with Gasteiger partial charge in [0, 0.05) is 59.2 Å². The largest absolute Gasteiger partial charge is 0.388 e. The minimum atomic E-state index is -0.690. The van der Waals surface area contributed by atoms with Crippen LogP contribution in [0.1, 0.15) is 25.6 Å². The summed E-state index contributed by atoms with van der Waals surface area (Å²) in [7, 11) is 3.80. The van der Waals surface area contributed by atoms with Crippen LogP contribution in [0.4, 0.5) is 11.6 Å². The summed E-state index contributed by atoms with van der Waals surface area (Å²) in [4.78, 5) is 10.9. The van der Waals surface area contributed by atoms with Gasteiger partial charge >= 0.3 is 0 Å².